The molecule has 0 aliphatic rings. The van der Waals surface area contributed by atoms with Crippen molar-refractivity contribution in [3.05, 3.63) is 87.4 Å². The first kappa shape index (κ1) is 16.9. The molecule has 0 atom stereocenters. The van der Waals surface area contributed by atoms with Gasteiger partial charge in [0.1, 0.15) is 5.82 Å². The number of hydrogen-bond donors (Lipinski definition) is 0. The molecule has 3 rings (SSSR count). The van der Waals surface area contributed by atoms with Gasteiger partial charge in [-0.15, -0.1) is 0 Å². The highest BCUT2D eigenvalue weighted by Crippen LogP contribution is 2.32. The van der Waals surface area contributed by atoms with E-state index < -0.39 is 23.3 Å². The third-order valence-corrected chi connectivity index (χ3v) is 3.69. The van der Waals surface area contributed by atoms with Crippen molar-refractivity contribution in [3.8, 4) is 0 Å². The second-order valence-corrected chi connectivity index (χ2v) is 5.41. The molecule has 0 amide bonds. The van der Waals surface area contributed by atoms with Crippen molar-refractivity contribution in [2.75, 3.05) is 0 Å². The number of nitrogens with zero attached hydrogens (tertiary/aromatic N) is 2. The Morgan fingerprint density at radius 2 is 1.72 bits per heavy atom. The summed E-state index contributed by atoms with van der Waals surface area (Å²) in [6.45, 7) is 0.0200. The summed E-state index contributed by atoms with van der Waals surface area (Å²) in [4.78, 5) is 11.8. The van der Waals surface area contributed by atoms with Crippen molar-refractivity contribution >= 4 is 0 Å². The highest BCUT2D eigenvalue weighted by molar-refractivity contribution is 5.32. The quantitative estimate of drug-likeness (QED) is 0.674. The lowest BCUT2D eigenvalue weighted by atomic mass is 10.0. The molecule has 3 aromatic rings. The first-order valence-electron chi connectivity index (χ1n) is 7.29. The van der Waals surface area contributed by atoms with Gasteiger partial charge in [0.2, 0.25) is 0 Å². The molecule has 0 fully saturated rings. The molecule has 0 aliphatic carbocycles. The molecule has 130 valence electrons. The van der Waals surface area contributed by atoms with Crippen molar-refractivity contribution in [2.45, 2.75) is 19.1 Å². The number of halogens is 4. The molecule has 0 radical (unpaired) electrons. The van der Waals surface area contributed by atoms with Gasteiger partial charge in [0.05, 0.1) is 12.1 Å². The maximum absolute atomic E-state index is 13.1. The fourth-order valence-corrected chi connectivity index (χ4v) is 2.47. The highest BCUT2D eigenvalue weighted by Gasteiger charge is 2.33. The molecule has 1 aromatic heterocycles. The molecule has 0 saturated carbocycles. The zero-order valence-corrected chi connectivity index (χ0v) is 12.8. The lowest BCUT2D eigenvalue weighted by Crippen LogP contribution is -2.19. The van der Waals surface area contributed by atoms with Crippen molar-refractivity contribution in [1.29, 1.82) is 0 Å². The summed E-state index contributed by atoms with van der Waals surface area (Å²) in [5.41, 5.74) is -0.216. The third kappa shape index (κ3) is 3.78. The van der Waals surface area contributed by atoms with Gasteiger partial charge in [0.15, 0.2) is 5.82 Å². The molecule has 8 heteroatoms. The summed E-state index contributed by atoms with van der Waals surface area (Å²) in [7, 11) is 0. The molecule has 0 aliphatic heterocycles. The van der Waals surface area contributed by atoms with Crippen molar-refractivity contribution < 1.29 is 22.1 Å². The molecule has 0 bridgehead atoms. The fraction of sp³-hybridized carbons (Fsp3) is 0.176. The van der Waals surface area contributed by atoms with Gasteiger partial charge in [0, 0.05) is 6.42 Å². The van der Waals surface area contributed by atoms with Gasteiger partial charge in [0.25, 0.3) is 0 Å². The van der Waals surface area contributed by atoms with E-state index in [0.717, 1.165) is 10.6 Å². The van der Waals surface area contributed by atoms with E-state index in [4.69, 9.17) is 0 Å². The normalized spacial score (nSPS) is 11.7. The van der Waals surface area contributed by atoms with Crippen LogP contribution in [0.3, 0.4) is 0 Å². The van der Waals surface area contributed by atoms with Gasteiger partial charge >= 0.3 is 11.9 Å². The van der Waals surface area contributed by atoms with Gasteiger partial charge in [-0.2, -0.15) is 13.2 Å². The van der Waals surface area contributed by atoms with Crippen molar-refractivity contribution in [3.63, 3.8) is 0 Å². The topological polar surface area (TPSA) is 48.0 Å². The van der Waals surface area contributed by atoms with Crippen LogP contribution >= 0.6 is 0 Å². The summed E-state index contributed by atoms with van der Waals surface area (Å²) >= 11 is 0. The minimum Gasteiger partial charge on any atom is -0.296 e. The summed E-state index contributed by atoms with van der Waals surface area (Å²) < 4.78 is 58.0. The molecule has 0 saturated heterocycles. The number of rotatable bonds is 4. The largest absolute Gasteiger partial charge is 0.441 e. The van der Waals surface area contributed by atoms with Crippen LogP contribution in [0.15, 0.2) is 57.8 Å². The third-order valence-electron chi connectivity index (χ3n) is 3.69. The Balaban J connectivity index is 1.93. The summed E-state index contributed by atoms with van der Waals surface area (Å²) in [5, 5.41) is 3.58. The van der Waals surface area contributed by atoms with Crippen LogP contribution in [0.4, 0.5) is 17.6 Å². The van der Waals surface area contributed by atoms with Crippen LogP contribution in [0.1, 0.15) is 22.5 Å². The van der Waals surface area contributed by atoms with E-state index in [9.17, 15) is 22.4 Å². The second-order valence-electron chi connectivity index (χ2n) is 5.41. The summed E-state index contributed by atoms with van der Waals surface area (Å²) in [6.07, 6.45) is -4.73. The average molecular weight is 352 g/mol. The molecule has 0 N–H and O–H groups in total. The van der Waals surface area contributed by atoms with Crippen LogP contribution in [0.2, 0.25) is 0 Å². The van der Waals surface area contributed by atoms with Gasteiger partial charge in [-0.1, -0.05) is 35.5 Å². The Morgan fingerprint density at radius 3 is 2.40 bits per heavy atom. The maximum Gasteiger partial charge on any atom is 0.441 e. The number of hydrogen-bond acceptors (Lipinski definition) is 3. The monoisotopic (exact) mass is 352 g/mol. The van der Waals surface area contributed by atoms with E-state index in [0.29, 0.717) is 5.56 Å². The number of alkyl halides is 3. The predicted molar refractivity (Wildman–Crippen MR) is 80.5 cm³/mol. The Labute approximate surface area is 139 Å². The van der Waals surface area contributed by atoms with E-state index in [-0.39, 0.29) is 24.4 Å². The highest BCUT2D eigenvalue weighted by atomic mass is 19.4. The first-order valence-corrected chi connectivity index (χ1v) is 7.29. The Morgan fingerprint density at radius 1 is 1.04 bits per heavy atom. The van der Waals surface area contributed by atoms with Gasteiger partial charge in [-0.25, -0.2) is 9.18 Å². The van der Waals surface area contributed by atoms with Crippen LogP contribution in [0.25, 0.3) is 0 Å². The predicted octanol–water partition coefficient (Wildman–Crippen LogP) is 3.63. The Bertz CT molecular complexity index is 927. The first-order chi connectivity index (χ1) is 11.8. The van der Waals surface area contributed by atoms with Gasteiger partial charge in [-0.05, 0) is 29.3 Å². The molecule has 2 aromatic carbocycles. The van der Waals surface area contributed by atoms with Crippen LogP contribution in [0.5, 0.6) is 0 Å². The van der Waals surface area contributed by atoms with Crippen LogP contribution in [-0.2, 0) is 19.1 Å². The molecule has 25 heavy (non-hydrogen) atoms. The standard InChI is InChI=1S/C17H12F4N2O2/c18-13-7-5-11(6-8-13)10-23-15(22-25-16(23)24)9-12-3-1-2-4-14(12)17(19,20)21/h1-8H,9-10H2. The molecule has 4 nitrogen and oxygen atoms in total. The molecular formula is C17H12F4N2O2. The van der Waals surface area contributed by atoms with Crippen LogP contribution in [-0.4, -0.2) is 9.72 Å². The van der Waals surface area contributed by atoms with Crippen LogP contribution < -0.4 is 5.76 Å². The Kier molecular flexibility index (Phi) is 4.43. The number of aromatic nitrogens is 2. The van der Waals surface area contributed by atoms with Crippen molar-refractivity contribution in [2.24, 2.45) is 0 Å². The van der Waals surface area contributed by atoms with E-state index in [1.807, 2.05) is 0 Å². The maximum atomic E-state index is 13.1. The summed E-state index contributed by atoms with van der Waals surface area (Å²) in [6, 6.07) is 10.5. The van der Waals surface area contributed by atoms with E-state index in [1.54, 1.807) is 0 Å². The molecular weight excluding hydrogens is 340 g/mol. The molecule has 1 heterocycles. The zero-order chi connectivity index (χ0) is 18.0. The minimum atomic E-state index is -4.51. The van der Waals surface area contributed by atoms with E-state index in [1.165, 1.54) is 42.5 Å². The SMILES string of the molecule is O=c1onc(Cc2ccccc2C(F)(F)F)n1Cc1ccc(F)cc1. The Hall–Kier alpha value is -2.90. The zero-order valence-electron chi connectivity index (χ0n) is 12.8. The molecule has 0 unspecified atom stereocenters. The second kappa shape index (κ2) is 6.54. The lowest BCUT2D eigenvalue weighted by molar-refractivity contribution is -0.138. The minimum absolute atomic E-state index is 0.0174. The van der Waals surface area contributed by atoms with Crippen LogP contribution in [0, 0.1) is 5.82 Å². The van der Waals surface area contributed by atoms with Gasteiger partial charge < -0.3 is 0 Å². The van der Waals surface area contributed by atoms with E-state index in [2.05, 4.69) is 9.68 Å². The molecule has 0 spiro atoms. The lowest BCUT2D eigenvalue weighted by Gasteiger charge is -2.12. The fourth-order valence-electron chi connectivity index (χ4n) is 2.47. The number of benzene rings is 2. The summed E-state index contributed by atoms with van der Waals surface area (Å²) in [5.74, 6) is -1.16. The average Bonchev–Trinajstić information content (AvgIpc) is 2.90. The van der Waals surface area contributed by atoms with Crippen molar-refractivity contribution in [1.82, 2.24) is 9.72 Å². The smallest absolute Gasteiger partial charge is 0.296 e. The van der Waals surface area contributed by atoms with E-state index >= 15 is 0 Å². The van der Waals surface area contributed by atoms with Gasteiger partial charge in [-0.3, -0.25) is 9.09 Å².